The van der Waals surface area contributed by atoms with E-state index in [0.717, 1.165) is 0 Å². The van der Waals surface area contributed by atoms with Gasteiger partial charge in [-0.1, -0.05) is 34.1 Å². The van der Waals surface area contributed by atoms with Crippen LogP contribution in [0.1, 0.15) is 29.0 Å². The van der Waals surface area contributed by atoms with Gasteiger partial charge < -0.3 is 5.32 Å². The van der Waals surface area contributed by atoms with E-state index in [4.69, 9.17) is 0 Å². The van der Waals surface area contributed by atoms with Gasteiger partial charge in [0.25, 0.3) is 11.5 Å². The maximum absolute atomic E-state index is 13.5. The Hall–Kier alpha value is -2.80. The van der Waals surface area contributed by atoms with Gasteiger partial charge in [-0.05, 0) is 48.9 Å². The molecule has 1 N–H and O–H groups in total. The lowest BCUT2D eigenvalue weighted by Crippen LogP contribution is -2.30. The second-order valence-electron chi connectivity index (χ2n) is 5.70. The van der Waals surface area contributed by atoms with Crippen LogP contribution in [0.4, 0.5) is 4.39 Å². The first-order valence-corrected chi connectivity index (χ1v) is 8.66. The average molecular weight is 416 g/mol. The molecule has 0 aliphatic rings. The molecule has 1 heterocycles. The molecule has 0 saturated carbocycles. The van der Waals surface area contributed by atoms with Crippen molar-refractivity contribution in [3.05, 3.63) is 92.6 Å². The van der Waals surface area contributed by atoms with Crippen LogP contribution in [0, 0.1) is 5.82 Å². The van der Waals surface area contributed by atoms with E-state index in [1.165, 1.54) is 28.9 Å². The molecule has 3 rings (SSSR count). The Kier molecular flexibility index (Phi) is 5.27. The van der Waals surface area contributed by atoms with Crippen molar-refractivity contribution in [2.45, 2.75) is 13.0 Å². The van der Waals surface area contributed by atoms with E-state index in [0.29, 0.717) is 15.7 Å². The molecule has 0 fully saturated rings. The first-order chi connectivity index (χ1) is 12.4. The molecule has 7 heteroatoms. The predicted molar refractivity (Wildman–Crippen MR) is 99.8 cm³/mol. The van der Waals surface area contributed by atoms with Crippen LogP contribution in [0.2, 0.25) is 0 Å². The topological polar surface area (TPSA) is 64.0 Å². The van der Waals surface area contributed by atoms with Crippen LogP contribution in [0.3, 0.4) is 0 Å². The number of hydrogen-bond donors (Lipinski definition) is 1. The number of rotatable bonds is 4. The molecule has 0 unspecified atom stereocenters. The van der Waals surface area contributed by atoms with Gasteiger partial charge in [0, 0.05) is 10.5 Å². The Bertz CT molecular complexity index is 985. The zero-order chi connectivity index (χ0) is 18.7. The summed E-state index contributed by atoms with van der Waals surface area (Å²) >= 11 is 3.23. The number of benzene rings is 2. The Balaban J connectivity index is 1.85. The summed E-state index contributed by atoms with van der Waals surface area (Å²) < 4.78 is 15.3. The zero-order valence-corrected chi connectivity index (χ0v) is 15.4. The third-order valence-corrected chi connectivity index (χ3v) is 4.22. The second-order valence-corrected chi connectivity index (χ2v) is 6.62. The minimum Gasteiger partial charge on any atom is -0.344 e. The van der Waals surface area contributed by atoms with Crippen molar-refractivity contribution in [3.8, 4) is 5.69 Å². The van der Waals surface area contributed by atoms with Crippen molar-refractivity contribution >= 4 is 21.8 Å². The van der Waals surface area contributed by atoms with Crippen LogP contribution in [0.5, 0.6) is 0 Å². The van der Waals surface area contributed by atoms with Gasteiger partial charge in [-0.25, -0.2) is 4.39 Å². The molecule has 0 radical (unpaired) electrons. The van der Waals surface area contributed by atoms with Gasteiger partial charge in [0.2, 0.25) is 0 Å². The smallest absolute Gasteiger partial charge is 0.272 e. The minimum atomic E-state index is -0.456. The van der Waals surface area contributed by atoms with Crippen molar-refractivity contribution in [2.75, 3.05) is 0 Å². The summed E-state index contributed by atoms with van der Waals surface area (Å²) in [7, 11) is 0. The number of nitrogens with one attached hydrogen (secondary N) is 1. The van der Waals surface area contributed by atoms with Gasteiger partial charge in [0.1, 0.15) is 11.5 Å². The average Bonchev–Trinajstić information content (AvgIpc) is 2.62. The summed E-state index contributed by atoms with van der Waals surface area (Å²) in [6, 6.07) is 15.5. The maximum Gasteiger partial charge on any atom is 0.272 e. The van der Waals surface area contributed by atoms with E-state index in [-0.39, 0.29) is 11.3 Å². The monoisotopic (exact) mass is 415 g/mol. The highest BCUT2D eigenvalue weighted by molar-refractivity contribution is 9.10. The molecule has 1 amide bonds. The molecule has 0 aliphatic carbocycles. The molecule has 0 saturated heterocycles. The lowest BCUT2D eigenvalue weighted by Gasteiger charge is -2.15. The van der Waals surface area contributed by atoms with Crippen LogP contribution in [0.15, 0.2) is 69.9 Å². The molecule has 0 bridgehead atoms. The lowest BCUT2D eigenvalue weighted by molar-refractivity contribution is 0.0933. The number of hydrogen-bond acceptors (Lipinski definition) is 3. The van der Waals surface area contributed by atoms with E-state index < -0.39 is 17.8 Å². The minimum absolute atomic E-state index is 0.0933. The van der Waals surface area contributed by atoms with Crippen molar-refractivity contribution in [1.29, 1.82) is 0 Å². The summed E-state index contributed by atoms with van der Waals surface area (Å²) in [5, 5.41) is 6.89. The van der Waals surface area contributed by atoms with Crippen molar-refractivity contribution in [2.24, 2.45) is 0 Å². The molecule has 3 aromatic rings. The number of halogens is 2. The molecular formula is C19H15BrFN3O2. The highest BCUT2D eigenvalue weighted by Gasteiger charge is 2.15. The third kappa shape index (κ3) is 4.05. The quantitative estimate of drug-likeness (QED) is 0.707. The summed E-state index contributed by atoms with van der Waals surface area (Å²) in [6.45, 7) is 1.74. The normalized spacial score (nSPS) is 11.8. The third-order valence-electron chi connectivity index (χ3n) is 3.77. The van der Waals surface area contributed by atoms with E-state index in [1.807, 2.05) is 6.07 Å². The fourth-order valence-corrected chi connectivity index (χ4v) is 2.95. The van der Waals surface area contributed by atoms with Crippen molar-refractivity contribution in [1.82, 2.24) is 15.1 Å². The van der Waals surface area contributed by atoms with Crippen LogP contribution in [0.25, 0.3) is 5.69 Å². The van der Waals surface area contributed by atoms with Gasteiger partial charge in [-0.2, -0.15) is 9.78 Å². The molecule has 0 aliphatic heterocycles. The maximum atomic E-state index is 13.5. The van der Waals surface area contributed by atoms with E-state index in [2.05, 4.69) is 26.3 Å². The highest BCUT2D eigenvalue weighted by atomic mass is 79.9. The van der Waals surface area contributed by atoms with E-state index >= 15 is 0 Å². The van der Waals surface area contributed by atoms with Crippen LogP contribution >= 0.6 is 15.9 Å². The largest absolute Gasteiger partial charge is 0.344 e. The number of carbonyl (C=O) groups is 1. The van der Waals surface area contributed by atoms with Crippen LogP contribution in [-0.2, 0) is 0 Å². The summed E-state index contributed by atoms with van der Waals surface area (Å²) in [6.07, 6.45) is 0. The fraction of sp³-hybridized carbons (Fsp3) is 0.105. The second kappa shape index (κ2) is 7.61. The van der Waals surface area contributed by atoms with Gasteiger partial charge in [0.05, 0.1) is 11.7 Å². The lowest BCUT2D eigenvalue weighted by atomic mass is 10.1. The zero-order valence-electron chi connectivity index (χ0n) is 13.8. The van der Waals surface area contributed by atoms with Gasteiger partial charge in [-0.3, -0.25) is 9.59 Å². The summed E-state index contributed by atoms with van der Waals surface area (Å²) in [5.41, 5.74) is 0.932. The Morgan fingerprint density at radius 1 is 1.15 bits per heavy atom. The molecule has 1 atom stereocenters. The van der Waals surface area contributed by atoms with Gasteiger partial charge in [-0.15, -0.1) is 0 Å². The van der Waals surface area contributed by atoms with Gasteiger partial charge >= 0.3 is 0 Å². The van der Waals surface area contributed by atoms with Crippen molar-refractivity contribution < 1.29 is 9.18 Å². The molecule has 5 nitrogen and oxygen atoms in total. The standard InChI is InChI=1S/C19H15BrFN3O2/c1-12(13-9-14(20)11-15(21)10-13)22-19(26)17-7-8-18(25)24(23-17)16-5-3-2-4-6-16/h2-12H,1H3,(H,22,26)/t12-/m1/s1. The fourth-order valence-electron chi connectivity index (χ4n) is 2.47. The molecule has 26 heavy (non-hydrogen) atoms. The molecule has 132 valence electrons. The number of nitrogens with zero attached hydrogens (tertiary/aromatic N) is 2. The van der Waals surface area contributed by atoms with E-state index in [9.17, 15) is 14.0 Å². The Morgan fingerprint density at radius 3 is 2.58 bits per heavy atom. The molecule has 1 aromatic heterocycles. The van der Waals surface area contributed by atoms with Crippen LogP contribution in [-0.4, -0.2) is 15.7 Å². The Morgan fingerprint density at radius 2 is 1.88 bits per heavy atom. The summed E-state index contributed by atoms with van der Waals surface area (Å²) in [4.78, 5) is 24.5. The molecular weight excluding hydrogens is 401 g/mol. The molecule has 0 spiro atoms. The molecule has 2 aromatic carbocycles. The van der Waals surface area contributed by atoms with E-state index in [1.54, 1.807) is 37.3 Å². The summed E-state index contributed by atoms with van der Waals surface area (Å²) in [5.74, 6) is -0.853. The SMILES string of the molecule is C[C@@H](NC(=O)c1ccc(=O)n(-c2ccccc2)n1)c1cc(F)cc(Br)c1. The first-order valence-electron chi connectivity index (χ1n) is 7.87. The number of amides is 1. The number of aromatic nitrogens is 2. The van der Waals surface area contributed by atoms with Crippen LogP contribution < -0.4 is 10.9 Å². The van der Waals surface area contributed by atoms with Crippen molar-refractivity contribution in [3.63, 3.8) is 0 Å². The highest BCUT2D eigenvalue weighted by Crippen LogP contribution is 2.20. The number of para-hydroxylation sites is 1. The predicted octanol–water partition coefficient (Wildman–Crippen LogP) is 3.63. The van der Waals surface area contributed by atoms with Gasteiger partial charge in [0.15, 0.2) is 0 Å². The Labute approximate surface area is 157 Å². The number of carbonyl (C=O) groups excluding carboxylic acids is 1. The first kappa shape index (κ1) is 18.0.